The van der Waals surface area contributed by atoms with E-state index < -0.39 is 0 Å². The van der Waals surface area contributed by atoms with Crippen molar-refractivity contribution < 1.29 is 4.57 Å². The van der Waals surface area contributed by atoms with Gasteiger partial charge in [0.15, 0.2) is 11.4 Å². The van der Waals surface area contributed by atoms with Crippen LogP contribution in [0.3, 0.4) is 0 Å². The van der Waals surface area contributed by atoms with Gasteiger partial charge in [0.25, 0.3) is 0 Å². The zero-order valence-electron chi connectivity index (χ0n) is 15.3. The molecule has 4 nitrogen and oxygen atoms in total. The Morgan fingerprint density at radius 3 is 2.23 bits per heavy atom. The molecule has 0 atom stereocenters. The molecular formula is C22H23N4+. The Bertz CT molecular complexity index is 1030. The number of nitrogens with one attached hydrogen (secondary N) is 1. The second kappa shape index (κ2) is 5.84. The Hall–Kier alpha value is -2.88. The van der Waals surface area contributed by atoms with Crippen molar-refractivity contribution >= 4 is 23.2 Å². The first-order valence-electron chi connectivity index (χ1n) is 9.28. The number of hydrogen-bond donors (Lipinski definition) is 1. The predicted octanol–water partition coefficient (Wildman–Crippen LogP) is 3.22. The van der Waals surface area contributed by atoms with Gasteiger partial charge < -0.3 is 9.55 Å². The van der Waals surface area contributed by atoms with Gasteiger partial charge in [-0.25, -0.2) is 9.55 Å². The van der Waals surface area contributed by atoms with Crippen molar-refractivity contribution in [3.05, 3.63) is 70.6 Å². The van der Waals surface area contributed by atoms with Crippen molar-refractivity contribution in [3.63, 3.8) is 0 Å². The van der Waals surface area contributed by atoms with Crippen LogP contribution in [0.25, 0.3) is 23.2 Å². The van der Waals surface area contributed by atoms with Crippen LogP contribution in [0.5, 0.6) is 0 Å². The third-order valence-corrected chi connectivity index (χ3v) is 5.69. The molecule has 3 aliphatic heterocycles. The van der Waals surface area contributed by atoms with Crippen LogP contribution in [0.4, 0.5) is 0 Å². The summed E-state index contributed by atoms with van der Waals surface area (Å²) in [5.41, 5.74) is 9.76. The minimum absolute atomic E-state index is 1.05. The summed E-state index contributed by atoms with van der Waals surface area (Å²) in [4.78, 5) is 8.35. The Morgan fingerprint density at radius 2 is 1.46 bits per heavy atom. The standard InChI is InChI=1S/C22H23N4/c1-25-19-7-8-20(25)12-16-4-6-18(24-16)14-22-10-9-21(26(22)2)13-17-5-3-15(11-19)23-17/h3-6,11-14,23H,7-10H2,1-2H3/q+1. The molecule has 0 saturated heterocycles. The first-order chi connectivity index (χ1) is 12.7. The van der Waals surface area contributed by atoms with E-state index in [0.717, 1.165) is 48.1 Å². The summed E-state index contributed by atoms with van der Waals surface area (Å²) >= 11 is 0. The lowest BCUT2D eigenvalue weighted by molar-refractivity contribution is -0.677. The van der Waals surface area contributed by atoms with E-state index in [1.165, 1.54) is 22.8 Å². The van der Waals surface area contributed by atoms with Gasteiger partial charge in [-0.2, -0.15) is 0 Å². The highest BCUT2D eigenvalue weighted by atomic mass is 15.0. The van der Waals surface area contributed by atoms with Crippen molar-refractivity contribution in [1.82, 2.24) is 14.5 Å². The highest BCUT2D eigenvalue weighted by molar-refractivity contribution is 5.70. The quantitative estimate of drug-likeness (QED) is 0.625. The molecule has 0 saturated carbocycles. The van der Waals surface area contributed by atoms with Crippen molar-refractivity contribution in [2.75, 3.05) is 0 Å². The van der Waals surface area contributed by atoms with Gasteiger partial charge >= 0.3 is 0 Å². The molecule has 0 amide bonds. The van der Waals surface area contributed by atoms with Gasteiger partial charge in [-0.3, -0.25) is 0 Å². The zero-order chi connectivity index (χ0) is 17.7. The second-order valence-electron chi connectivity index (χ2n) is 7.32. The maximum Gasteiger partial charge on any atom is 0.184 e. The third kappa shape index (κ3) is 2.62. The van der Waals surface area contributed by atoms with Gasteiger partial charge in [-0.05, 0) is 49.3 Å². The van der Waals surface area contributed by atoms with Crippen LogP contribution in [0.2, 0.25) is 0 Å². The van der Waals surface area contributed by atoms with Gasteiger partial charge in [0, 0.05) is 54.4 Å². The average molecular weight is 343 g/mol. The van der Waals surface area contributed by atoms with Crippen LogP contribution in [-0.4, -0.2) is 14.5 Å². The topological polar surface area (TPSA) is 37.5 Å². The molecule has 4 heteroatoms. The Labute approximate surface area is 153 Å². The van der Waals surface area contributed by atoms with E-state index in [0.29, 0.717) is 0 Å². The minimum Gasteiger partial charge on any atom is -0.355 e. The first-order valence-corrected chi connectivity index (χ1v) is 9.28. The Morgan fingerprint density at radius 1 is 0.846 bits per heavy atom. The van der Waals surface area contributed by atoms with Crippen LogP contribution in [0, 0.1) is 0 Å². The molecule has 0 spiro atoms. The average Bonchev–Trinajstić information content (AvgIpc) is 3.39. The lowest BCUT2D eigenvalue weighted by Crippen LogP contribution is -2.31. The number of aryl methyl sites for hydroxylation is 4. The van der Waals surface area contributed by atoms with Gasteiger partial charge in [-0.15, -0.1) is 0 Å². The highest BCUT2D eigenvalue weighted by Crippen LogP contribution is 2.19. The van der Waals surface area contributed by atoms with Crippen LogP contribution >= 0.6 is 0 Å². The van der Waals surface area contributed by atoms with Crippen LogP contribution in [0.15, 0.2) is 36.4 Å². The van der Waals surface area contributed by atoms with Crippen LogP contribution in [0.1, 0.15) is 34.2 Å². The Balaban J connectivity index is 1.85. The monoisotopic (exact) mass is 343 g/mol. The summed E-state index contributed by atoms with van der Waals surface area (Å²) in [5, 5.41) is 0. The maximum atomic E-state index is 4.80. The van der Waals surface area contributed by atoms with Crippen molar-refractivity contribution in [3.8, 4) is 0 Å². The molecule has 130 valence electrons. The molecule has 5 heterocycles. The molecule has 1 N–H and O–H groups in total. The molecule has 5 rings (SSSR count). The molecule has 0 fully saturated rings. The molecule has 0 unspecified atom stereocenters. The molecule has 26 heavy (non-hydrogen) atoms. The van der Waals surface area contributed by atoms with E-state index in [9.17, 15) is 0 Å². The highest BCUT2D eigenvalue weighted by Gasteiger charge is 2.19. The first kappa shape index (κ1) is 15.4. The van der Waals surface area contributed by atoms with Crippen LogP contribution < -0.4 is 4.57 Å². The van der Waals surface area contributed by atoms with Gasteiger partial charge in [0.1, 0.15) is 7.05 Å². The molecule has 0 radical (unpaired) electrons. The SMILES string of the molecule is Cn1c2cc3nc(cc4[n+](C)c(cc5ccc(cc1CC2)[nH]5)CC4)C=C3. The fourth-order valence-electron chi connectivity index (χ4n) is 4.08. The fourth-order valence-corrected chi connectivity index (χ4v) is 4.08. The number of fused-ring (bicyclic) bond motifs is 8. The van der Waals surface area contributed by atoms with E-state index in [1.807, 2.05) is 0 Å². The molecule has 2 aromatic heterocycles. The molecule has 3 aliphatic rings. The predicted molar refractivity (Wildman–Crippen MR) is 104 cm³/mol. The maximum absolute atomic E-state index is 4.80. The van der Waals surface area contributed by atoms with Crippen molar-refractivity contribution in [2.24, 2.45) is 14.1 Å². The number of H-pyrrole nitrogens is 1. The molecule has 0 aliphatic carbocycles. The summed E-state index contributed by atoms with van der Waals surface area (Å²) < 4.78 is 4.60. The van der Waals surface area contributed by atoms with E-state index in [2.05, 4.69) is 76.8 Å². The minimum atomic E-state index is 1.05. The van der Waals surface area contributed by atoms with E-state index in [1.54, 1.807) is 0 Å². The zero-order valence-corrected chi connectivity index (χ0v) is 15.3. The molecular weight excluding hydrogens is 320 g/mol. The fraction of sp³-hybridized carbons (Fsp3) is 0.273. The van der Waals surface area contributed by atoms with Gasteiger partial charge in [-0.1, -0.05) is 0 Å². The van der Waals surface area contributed by atoms with E-state index in [4.69, 9.17) is 4.98 Å². The number of aromatic amines is 1. The lowest BCUT2D eigenvalue weighted by atomic mass is 10.2. The van der Waals surface area contributed by atoms with Crippen molar-refractivity contribution in [1.29, 1.82) is 0 Å². The summed E-state index contributed by atoms with van der Waals surface area (Å²) in [7, 11) is 4.31. The lowest BCUT2D eigenvalue weighted by Gasteiger charge is -1.99. The third-order valence-electron chi connectivity index (χ3n) is 5.69. The smallest absolute Gasteiger partial charge is 0.184 e. The summed E-state index contributed by atoms with van der Waals surface area (Å²) in [6.07, 6.45) is 8.50. The second-order valence-corrected chi connectivity index (χ2v) is 7.32. The van der Waals surface area contributed by atoms with E-state index >= 15 is 0 Å². The normalized spacial score (nSPS) is 14.5. The summed E-state index contributed by atoms with van der Waals surface area (Å²) in [6, 6.07) is 13.3. The molecule has 0 aromatic carbocycles. The molecule has 8 bridgehead atoms. The number of hydrogen-bond acceptors (Lipinski definition) is 1. The largest absolute Gasteiger partial charge is 0.355 e. The van der Waals surface area contributed by atoms with Gasteiger partial charge in [0.2, 0.25) is 0 Å². The van der Waals surface area contributed by atoms with Crippen LogP contribution in [-0.2, 0) is 39.8 Å². The number of nitrogens with zero attached hydrogens (tertiary/aromatic N) is 3. The number of rotatable bonds is 0. The molecule has 2 aromatic rings. The van der Waals surface area contributed by atoms with Gasteiger partial charge in [0.05, 0.1) is 11.4 Å². The number of aromatic nitrogens is 4. The summed E-state index contributed by atoms with van der Waals surface area (Å²) in [6.45, 7) is 0. The van der Waals surface area contributed by atoms with Crippen molar-refractivity contribution in [2.45, 2.75) is 25.7 Å². The Kier molecular flexibility index (Phi) is 3.45. The van der Waals surface area contributed by atoms with E-state index in [-0.39, 0.29) is 0 Å². The summed E-state index contributed by atoms with van der Waals surface area (Å²) in [5.74, 6) is 0.